The molecule has 5 fully saturated rings. The molecule has 4 saturated carbocycles. The van der Waals surface area contributed by atoms with Gasteiger partial charge in [-0.2, -0.15) is 18.3 Å². The number of rotatable bonds is 5. The van der Waals surface area contributed by atoms with Crippen molar-refractivity contribution in [3.8, 4) is 11.5 Å². The highest BCUT2D eigenvalue weighted by atomic mass is 19.4. The van der Waals surface area contributed by atoms with Crippen molar-refractivity contribution in [2.45, 2.75) is 68.7 Å². The summed E-state index contributed by atoms with van der Waals surface area (Å²) < 4.78 is 54.4. The second kappa shape index (κ2) is 9.81. The van der Waals surface area contributed by atoms with Gasteiger partial charge in [-0.1, -0.05) is 6.07 Å². The topological polar surface area (TPSA) is 71.9 Å². The molecule has 4 aliphatic carbocycles. The summed E-state index contributed by atoms with van der Waals surface area (Å²) in [6, 6.07) is 4.07. The SMILES string of the molecule is COc1ccc([C@H]2C[C@@H](C(F)(F)F)n3nc(C(=O)N4CCN(C56CC7CC(CC(C7)C5)C6)CC4)cc3N2)cc1OC. The van der Waals surface area contributed by atoms with Crippen LogP contribution in [0.2, 0.25) is 0 Å². The molecule has 1 N–H and O–H groups in total. The number of hydrogen-bond acceptors (Lipinski definition) is 6. The first-order chi connectivity index (χ1) is 19.7. The maximum Gasteiger partial charge on any atom is 0.410 e. The predicted octanol–water partition coefficient (Wildman–Crippen LogP) is 5.29. The molecule has 0 unspecified atom stereocenters. The number of methoxy groups -OCH3 is 2. The van der Waals surface area contributed by atoms with Gasteiger partial charge in [0, 0.05) is 44.2 Å². The van der Waals surface area contributed by atoms with E-state index in [2.05, 4.69) is 15.3 Å². The Labute approximate surface area is 238 Å². The third-order valence-electron chi connectivity index (χ3n) is 10.5. The van der Waals surface area contributed by atoms with E-state index in [0.29, 0.717) is 35.7 Å². The second-order valence-electron chi connectivity index (χ2n) is 12.9. The Hall–Kier alpha value is -2.95. The van der Waals surface area contributed by atoms with E-state index in [1.54, 1.807) is 23.1 Å². The van der Waals surface area contributed by atoms with Crippen LogP contribution in [0.15, 0.2) is 24.3 Å². The highest BCUT2D eigenvalue weighted by Crippen LogP contribution is 2.58. The number of halogens is 3. The van der Waals surface area contributed by atoms with E-state index in [1.165, 1.54) is 58.8 Å². The number of nitrogens with zero attached hydrogens (tertiary/aromatic N) is 4. The fourth-order valence-electron chi connectivity index (χ4n) is 8.96. The molecule has 41 heavy (non-hydrogen) atoms. The first-order valence-corrected chi connectivity index (χ1v) is 14.8. The smallest absolute Gasteiger partial charge is 0.410 e. The summed E-state index contributed by atoms with van der Waals surface area (Å²) in [5.41, 5.74) is 0.983. The van der Waals surface area contributed by atoms with E-state index in [9.17, 15) is 18.0 Å². The van der Waals surface area contributed by atoms with Crippen LogP contribution in [0.3, 0.4) is 0 Å². The number of alkyl halides is 3. The molecule has 3 heterocycles. The molecule has 1 amide bonds. The molecule has 2 aromatic rings. The third kappa shape index (κ3) is 4.64. The number of ether oxygens (including phenoxy) is 2. The van der Waals surface area contributed by atoms with Crippen LogP contribution in [-0.4, -0.2) is 77.6 Å². The number of piperazine rings is 1. The van der Waals surface area contributed by atoms with Gasteiger partial charge in [0.25, 0.3) is 5.91 Å². The van der Waals surface area contributed by atoms with Gasteiger partial charge >= 0.3 is 6.18 Å². The molecule has 8 rings (SSSR count). The van der Waals surface area contributed by atoms with Crippen molar-refractivity contribution in [3.05, 3.63) is 35.5 Å². The molecule has 222 valence electrons. The van der Waals surface area contributed by atoms with Gasteiger partial charge in [-0.15, -0.1) is 0 Å². The highest BCUT2D eigenvalue weighted by molar-refractivity contribution is 5.93. The molecular formula is C30H38F3N5O3. The third-order valence-corrected chi connectivity index (χ3v) is 10.5. The molecule has 2 atom stereocenters. The zero-order valence-electron chi connectivity index (χ0n) is 23.6. The van der Waals surface area contributed by atoms with Gasteiger partial charge in [-0.3, -0.25) is 9.69 Å². The molecule has 1 aromatic heterocycles. The Bertz CT molecular complexity index is 1280. The Kier molecular flexibility index (Phi) is 6.44. The Morgan fingerprint density at radius 1 is 0.927 bits per heavy atom. The lowest BCUT2D eigenvalue weighted by atomic mass is 9.52. The van der Waals surface area contributed by atoms with Crippen molar-refractivity contribution in [2.24, 2.45) is 17.8 Å². The number of aromatic nitrogens is 2. The monoisotopic (exact) mass is 573 g/mol. The second-order valence-corrected chi connectivity index (χ2v) is 12.9. The molecule has 11 heteroatoms. The number of fused-ring (bicyclic) bond motifs is 1. The zero-order chi connectivity index (χ0) is 28.5. The maximum atomic E-state index is 14.3. The van der Waals surface area contributed by atoms with Crippen LogP contribution >= 0.6 is 0 Å². The molecular weight excluding hydrogens is 535 g/mol. The number of benzene rings is 1. The average molecular weight is 574 g/mol. The van der Waals surface area contributed by atoms with Gasteiger partial charge < -0.3 is 19.7 Å². The molecule has 0 radical (unpaired) electrons. The van der Waals surface area contributed by atoms with Crippen LogP contribution < -0.4 is 14.8 Å². The lowest BCUT2D eigenvalue weighted by Gasteiger charge is -2.61. The minimum Gasteiger partial charge on any atom is -0.493 e. The van der Waals surface area contributed by atoms with E-state index < -0.39 is 18.3 Å². The van der Waals surface area contributed by atoms with E-state index in [1.807, 2.05) is 0 Å². The number of nitrogens with one attached hydrogen (secondary N) is 1. The number of hydrogen-bond donors (Lipinski definition) is 1. The molecule has 4 bridgehead atoms. The first-order valence-electron chi connectivity index (χ1n) is 14.8. The van der Waals surface area contributed by atoms with Crippen LogP contribution in [0.25, 0.3) is 0 Å². The number of amides is 1. The van der Waals surface area contributed by atoms with Crippen LogP contribution in [0.1, 0.15) is 73.1 Å². The van der Waals surface area contributed by atoms with E-state index in [4.69, 9.17) is 9.47 Å². The van der Waals surface area contributed by atoms with Gasteiger partial charge in [0.05, 0.1) is 20.3 Å². The van der Waals surface area contributed by atoms with Gasteiger partial charge in [0.15, 0.2) is 23.2 Å². The highest BCUT2D eigenvalue weighted by Gasteiger charge is 2.54. The lowest BCUT2D eigenvalue weighted by molar-refractivity contribution is -0.173. The Morgan fingerprint density at radius 3 is 2.15 bits per heavy atom. The summed E-state index contributed by atoms with van der Waals surface area (Å²) in [6.45, 7) is 2.78. The molecule has 1 aromatic carbocycles. The van der Waals surface area contributed by atoms with Crippen molar-refractivity contribution in [1.82, 2.24) is 19.6 Å². The summed E-state index contributed by atoms with van der Waals surface area (Å²) in [5.74, 6) is 3.40. The standard InChI is InChI=1S/C30H38F3N5O3/c1-40-24-4-3-21(12-25(24)41-2)22-13-26(30(31,32)33)38-27(34-22)14-23(35-38)28(39)36-5-7-37(8-6-36)29-15-18-9-19(16-29)11-20(10-18)17-29/h3-4,12,14,18-20,22,26,34H,5-11,13,15-17H2,1-2H3/t18?,19?,20?,22-,26+,29?/m1/s1. The summed E-state index contributed by atoms with van der Waals surface area (Å²) >= 11 is 0. The quantitative estimate of drug-likeness (QED) is 0.525. The number of anilines is 1. The minimum atomic E-state index is -4.53. The average Bonchev–Trinajstić information content (AvgIpc) is 3.39. The molecule has 2 aliphatic heterocycles. The van der Waals surface area contributed by atoms with Crippen LogP contribution in [-0.2, 0) is 0 Å². The summed E-state index contributed by atoms with van der Waals surface area (Å²) in [7, 11) is 3.00. The first kappa shape index (κ1) is 26.9. The summed E-state index contributed by atoms with van der Waals surface area (Å²) in [6.07, 6.45) is 3.24. The minimum absolute atomic E-state index is 0.0537. The molecule has 6 aliphatic rings. The van der Waals surface area contributed by atoms with Crippen molar-refractivity contribution < 1.29 is 27.4 Å². The largest absolute Gasteiger partial charge is 0.493 e. The number of carbonyl (C=O) groups is 1. The van der Waals surface area contributed by atoms with Crippen LogP contribution in [0.4, 0.5) is 19.0 Å². The fraction of sp³-hybridized carbons (Fsp3) is 0.667. The zero-order valence-corrected chi connectivity index (χ0v) is 23.6. The Morgan fingerprint density at radius 2 is 1.56 bits per heavy atom. The fourth-order valence-corrected chi connectivity index (χ4v) is 8.96. The van der Waals surface area contributed by atoms with Crippen molar-refractivity contribution in [2.75, 3.05) is 45.7 Å². The summed E-state index contributed by atoms with van der Waals surface area (Å²) in [4.78, 5) is 17.9. The van der Waals surface area contributed by atoms with Gasteiger partial charge in [-0.25, -0.2) is 4.68 Å². The van der Waals surface area contributed by atoms with Gasteiger partial charge in [0.2, 0.25) is 0 Å². The van der Waals surface area contributed by atoms with Crippen molar-refractivity contribution in [1.29, 1.82) is 0 Å². The predicted molar refractivity (Wildman–Crippen MR) is 146 cm³/mol. The van der Waals surface area contributed by atoms with E-state index in [0.717, 1.165) is 35.5 Å². The maximum absolute atomic E-state index is 14.3. The van der Waals surface area contributed by atoms with E-state index in [-0.39, 0.29) is 23.8 Å². The molecule has 1 saturated heterocycles. The van der Waals surface area contributed by atoms with Gasteiger partial charge in [0.1, 0.15) is 5.82 Å². The summed E-state index contributed by atoms with van der Waals surface area (Å²) in [5, 5.41) is 7.41. The van der Waals surface area contributed by atoms with Gasteiger partial charge in [-0.05, 0) is 74.0 Å². The van der Waals surface area contributed by atoms with Crippen LogP contribution in [0, 0.1) is 17.8 Å². The number of carbonyl (C=O) groups excluding carboxylic acids is 1. The van der Waals surface area contributed by atoms with E-state index >= 15 is 0 Å². The van der Waals surface area contributed by atoms with Crippen LogP contribution in [0.5, 0.6) is 11.5 Å². The lowest BCUT2D eigenvalue weighted by Crippen LogP contribution is -2.64. The normalized spacial score (nSPS) is 32.9. The molecule has 8 nitrogen and oxygen atoms in total. The van der Waals surface area contributed by atoms with Crippen molar-refractivity contribution >= 4 is 11.7 Å². The Balaban J connectivity index is 1.08. The molecule has 0 spiro atoms. The van der Waals surface area contributed by atoms with Crippen molar-refractivity contribution in [3.63, 3.8) is 0 Å².